The van der Waals surface area contributed by atoms with Crippen LogP contribution in [0.1, 0.15) is 69.5 Å². The van der Waals surface area contributed by atoms with Crippen molar-refractivity contribution in [3.63, 3.8) is 0 Å². The second kappa shape index (κ2) is 13.5. The fourth-order valence-electron chi connectivity index (χ4n) is 9.94. The minimum atomic E-state index is -0.172. The van der Waals surface area contributed by atoms with Crippen LogP contribution < -0.4 is 9.80 Å². The lowest BCUT2D eigenvalue weighted by Gasteiger charge is -2.34. The Hall–Kier alpha value is -6.12. The third kappa shape index (κ3) is 6.19. The van der Waals surface area contributed by atoms with Crippen molar-refractivity contribution < 1.29 is 0 Å². The van der Waals surface area contributed by atoms with E-state index >= 15 is 0 Å². The summed E-state index contributed by atoms with van der Waals surface area (Å²) < 4.78 is 0. The molecular formula is C55H52N2. The van der Waals surface area contributed by atoms with E-state index in [0.29, 0.717) is 0 Å². The Balaban J connectivity index is 1.52. The van der Waals surface area contributed by atoms with Gasteiger partial charge in [0, 0.05) is 49.7 Å². The second-order valence-corrected chi connectivity index (χ2v) is 17.4. The molecule has 0 saturated heterocycles. The van der Waals surface area contributed by atoms with E-state index in [1.807, 2.05) is 0 Å². The highest BCUT2D eigenvalue weighted by atomic mass is 15.2. The lowest BCUT2D eigenvalue weighted by Crippen LogP contribution is -2.17. The quantitative estimate of drug-likeness (QED) is 0.124. The fraction of sp³-hybridized carbons (Fsp3) is 0.200. The number of anilines is 6. The van der Waals surface area contributed by atoms with Crippen LogP contribution in [-0.4, -0.2) is 0 Å². The predicted molar refractivity (Wildman–Crippen MR) is 246 cm³/mol. The Morgan fingerprint density at radius 1 is 0.316 bits per heavy atom. The summed E-state index contributed by atoms with van der Waals surface area (Å²) in [6, 6.07) is 51.2. The van der Waals surface area contributed by atoms with E-state index in [4.69, 9.17) is 0 Å². The maximum atomic E-state index is 2.55. The second-order valence-electron chi connectivity index (χ2n) is 17.4. The van der Waals surface area contributed by atoms with Gasteiger partial charge in [0.15, 0.2) is 0 Å². The highest BCUT2D eigenvalue weighted by Crippen LogP contribution is 2.56. The van der Waals surface area contributed by atoms with Gasteiger partial charge >= 0.3 is 0 Å². The Labute approximate surface area is 339 Å². The predicted octanol–water partition coefficient (Wildman–Crippen LogP) is 15.7. The summed E-state index contributed by atoms with van der Waals surface area (Å²) in [5, 5.41) is 4.89. The zero-order valence-corrected chi connectivity index (χ0v) is 35.1. The summed E-state index contributed by atoms with van der Waals surface area (Å²) in [6.07, 6.45) is 0. The molecule has 2 nitrogen and oxygen atoms in total. The Morgan fingerprint density at radius 2 is 0.649 bits per heavy atom. The van der Waals surface area contributed by atoms with Crippen LogP contribution in [0.4, 0.5) is 34.1 Å². The van der Waals surface area contributed by atoms with Crippen molar-refractivity contribution in [2.45, 2.75) is 74.7 Å². The van der Waals surface area contributed by atoms with E-state index < -0.39 is 0 Å². The largest absolute Gasteiger partial charge is 0.309 e. The molecule has 0 fully saturated rings. The van der Waals surface area contributed by atoms with Crippen LogP contribution in [0, 0.1) is 55.4 Å². The topological polar surface area (TPSA) is 6.48 Å². The highest BCUT2D eigenvalue weighted by Gasteiger charge is 2.37. The Morgan fingerprint density at radius 3 is 1.04 bits per heavy atom. The van der Waals surface area contributed by atoms with Gasteiger partial charge in [0.1, 0.15) is 0 Å². The van der Waals surface area contributed by atoms with Crippen LogP contribution in [0.25, 0.3) is 32.7 Å². The summed E-state index contributed by atoms with van der Waals surface area (Å²) in [6.45, 7) is 22.5. The molecule has 1 aliphatic carbocycles. The van der Waals surface area contributed by atoms with E-state index in [2.05, 4.69) is 212 Å². The summed E-state index contributed by atoms with van der Waals surface area (Å²) >= 11 is 0. The van der Waals surface area contributed by atoms with Crippen molar-refractivity contribution in [1.82, 2.24) is 0 Å². The van der Waals surface area contributed by atoms with Crippen molar-refractivity contribution in [3.8, 4) is 11.1 Å². The average molecular weight is 741 g/mol. The molecule has 2 heteroatoms. The summed E-state index contributed by atoms with van der Waals surface area (Å²) in [7, 11) is 0. The van der Waals surface area contributed by atoms with Crippen LogP contribution in [0.5, 0.6) is 0 Å². The monoisotopic (exact) mass is 740 g/mol. The first-order chi connectivity index (χ1) is 27.3. The van der Waals surface area contributed by atoms with Gasteiger partial charge in [-0.1, -0.05) is 86.6 Å². The zero-order chi connectivity index (χ0) is 39.9. The molecule has 57 heavy (non-hydrogen) atoms. The molecule has 1 aliphatic rings. The molecule has 282 valence electrons. The van der Waals surface area contributed by atoms with Gasteiger partial charge in [-0.25, -0.2) is 0 Å². The first kappa shape index (κ1) is 36.5. The molecule has 0 unspecified atom stereocenters. The molecule has 8 aromatic rings. The minimum Gasteiger partial charge on any atom is -0.309 e. The normalized spacial score (nSPS) is 12.9. The van der Waals surface area contributed by atoms with Gasteiger partial charge in [0.25, 0.3) is 0 Å². The molecule has 0 atom stereocenters. The fourth-order valence-corrected chi connectivity index (χ4v) is 9.94. The van der Waals surface area contributed by atoms with E-state index in [9.17, 15) is 0 Å². The van der Waals surface area contributed by atoms with E-state index in [1.165, 1.54) is 122 Å². The van der Waals surface area contributed by atoms with Gasteiger partial charge in [0.05, 0.1) is 11.4 Å². The number of benzene rings is 8. The van der Waals surface area contributed by atoms with Crippen LogP contribution >= 0.6 is 0 Å². The van der Waals surface area contributed by atoms with E-state index in [-0.39, 0.29) is 5.41 Å². The SMILES string of the molecule is Cc1cc(C)cc(N(c2cc(C)cc(C)c2)c2c3ccccc3c(N(c3cc(C)cc(C)c3)c3cc(C)cc(C)c3)c3cc4c(cc23)-c2ccccc2C4(C)C)c1. The van der Waals surface area contributed by atoms with Gasteiger partial charge in [-0.2, -0.15) is 0 Å². The third-order valence-electron chi connectivity index (χ3n) is 12.0. The molecule has 0 radical (unpaired) electrons. The van der Waals surface area contributed by atoms with Crippen LogP contribution in [0.15, 0.2) is 133 Å². The number of hydrogen-bond donors (Lipinski definition) is 0. The molecule has 0 N–H and O–H groups in total. The van der Waals surface area contributed by atoms with E-state index in [0.717, 1.165) is 0 Å². The highest BCUT2D eigenvalue weighted by molar-refractivity contribution is 6.24. The first-order valence-corrected chi connectivity index (χ1v) is 20.3. The van der Waals surface area contributed by atoms with Crippen molar-refractivity contribution in [3.05, 3.63) is 189 Å². The summed E-state index contributed by atoms with van der Waals surface area (Å²) in [4.78, 5) is 5.10. The Kier molecular flexibility index (Phi) is 8.66. The molecule has 9 rings (SSSR count). The summed E-state index contributed by atoms with van der Waals surface area (Å²) in [5.74, 6) is 0. The van der Waals surface area contributed by atoms with Crippen molar-refractivity contribution in [2.75, 3.05) is 9.80 Å². The minimum absolute atomic E-state index is 0.172. The van der Waals surface area contributed by atoms with Gasteiger partial charge in [-0.05, 0) is 183 Å². The van der Waals surface area contributed by atoms with Gasteiger partial charge in [-0.15, -0.1) is 0 Å². The first-order valence-electron chi connectivity index (χ1n) is 20.3. The molecule has 0 aromatic heterocycles. The zero-order valence-electron chi connectivity index (χ0n) is 35.1. The summed E-state index contributed by atoms with van der Waals surface area (Å²) in [5.41, 5.74) is 22.3. The molecular weight excluding hydrogens is 689 g/mol. The molecule has 0 aliphatic heterocycles. The van der Waals surface area contributed by atoms with E-state index in [1.54, 1.807) is 0 Å². The van der Waals surface area contributed by atoms with Crippen LogP contribution in [-0.2, 0) is 5.41 Å². The molecule has 0 saturated carbocycles. The molecule has 8 aromatic carbocycles. The lowest BCUT2D eigenvalue weighted by molar-refractivity contribution is 0.661. The van der Waals surface area contributed by atoms with Crippen LogP contribution in [0.3, 0.4) is 0 Å². The van der Waals surface area contributed by atoms with Crippen LogP contribution in [0.2, 0.25) is 0 Å². The molecule has 0 heterocycles. The number of rotatable bonds is 6. The Bertz CT molecular complexity index is 2740. The number of hydrogen-bond acceptors (Lipinski definition) is 2. The number of nitrogens with zero attached hydrogens (tertiary/aromatic N) is 2. The van der Waals surface area contributed by atoms with Crippen molar-refractivity contribution >= 4 is 55.7 Å². The number of aryl methyl sites for hydroxylation is 8. The standard InChI is InChI=1S/C55H52N2/c1-33-19-34(2)24-41(23-33)56(42-25-35(3)20-36(4)26-42)53-46-16-11-12-17-47(46)54(50-32-52-48(31-49(50)53)45-15-13-14-18-51(45)55(52,9)10)57(43-27-37(5)21-38(6)28-43)44-29-39(7)22-40(8)30-44/h11-32H,1-10H3. The molecule has 0 amide bonds. The van der Waals surface area contributed by atoms with Gasteiger partial charge < -0.3 is 9.80 Å². The van der Waals surface area contributed by atoms with Gasteiger partial charge in [-0.3, -0.25) is 0 Å². The molecule has 0 spiro atoms. The van der Waals surface area contributed by atoms with Crippen molar-refractivity contribution in [2.24, 2.45) is 0 Å². The average Bonchev–Trinajstić information content (AvgIpc) is 3.35. The van der Waals surface area contributed by atoms with Crippen molar-refractivity contribution in [1.29, 1.82) is 0 Å². The maximum Gasteiger partial charge on any atom is 0.0620 e. The smallest absolute Gasteiger partial charge is 0.0620 e. The van der Waals surface area contributed by atoms with Gasteiger partial charge in [0.2, 0.25) is 0 Å². The maximum absolute atomic E-state index is 2.55. The number of fused-ring (bicyclic) bond motifs is 5. The molecule has 0 bridgehead atoms. The third-order valence-corrected chi connectivity index (χ3v) is 12.0. The lowest BCUT2D eigenvalue weighted by atomic mass is 9.81.